The van der Waals surface area contributed by atoms with Crippen molar-refractivity contribution in [2.24, 2.45) is 11.8 Å². The molecule has 0 aromatic carbocycles. The molecule has 1 heterocycles. The number of methoxy groups -OCH3 is 1. The molecular weight excluding hydrogens is 200 g/mol. The summed E-state index contributed by atoms with van der Waals surface area (Å²) in [4.78, 5) is 0. The second kappa shape index (κ2) is 6.02. The van der Waals surface area contributed by atoms with Crippen LogP contribution in [0.4, 0.5) is 0 Å². The number of nitrogens with two attached hydrogens (primary N) is 1. The Kier molecular flexibility index (Phi) is 4.95. The van der Waals surface area contributed by atoms with Crippen LogP contribution in [-0.4, -0.2) is 22.5 Å². The van der Waals surface area contributed by atoms with Gasteiger partial charge in [0.2, 0.25) is 0 Å². The number of hydrogen-bond donors (Lipinski definition) is 2. The van der Waals surface area contributed by atoms with E-state index in [-0.39, 0.29) is 6.04 Å². The zero-order chi connectivity index (χ0) is 10.4. The Morgan fingerprint density at radius 3 is 3.00 bits per heavy atom. The highest BCUT2D eigenvalue weighted by atomic mass is 32.1. The maximum absolute atomic E-state index is 5.48. The van der Waals surface area contributed by atoms with Crippen molar-refractivity contribution in [3.63, 3.8) is 0 Å². The van der Waals surface area contributed by atoms with E-state index in [2.05, 4.69) is 21.1 Å². The minimum Gasteiger partial charge on any atom is -0.385 e. The number of hydrazine groups is 1. The largest absolute Gasteiger partial charge is 0.385 e. The zero-order valence-corrected chi connectivity index (χ0v) is 9.25. The lowest BCUT2D eigenvalue weighted by Gasteiger charge is -2.20. The van der Waals surface area contributed by atoms with Gasteiger partial charge >= 0.3 is 0 Å². The molecule has 3 N–H and O–H groups in total. The molecule has 0 aliphatic carbocycles. The Balaban J connectivity index is 2.53. The van der Waals surface area contributed by atoms with Crippen molar-refractivity contribution >= 4 is 11.7 Å². The fourth-order valence-corrected chi connectivity index (χ4v) is 1.78. The van der Waals surface area contributed by atoms with E-state index in [9.17, 15) is 0 Å². The Morgan fingerprint density at radius 1 is 1.71 bits per heavy atom. The Morgan fingerprint density at radius 2 is 2.50 bits per heavy atom. The van der Waals surface area contributed by atoms with Crippen LogP contribution >= 0.6 is 11.7 Å². The summed E-state index contributed by atoms with van der Waals surface area (Å²) in [5.41, 5.74) is 3.67. The maximum Gasteiger partial charge on any atom is 0.0928 e. The van der Waals surface area contributed by atoms with E-state index in [0.717, 1.165) is 18.7 Å². The molecule has 2 unspecified atom stereocenters. The lowest BCUT2D eigenvalue weighted by Crippen LogP contribution is -2.33. The third-order valence-electron chi connectivity index (χ3n) is 2.22. The molecule has 0 saturated heterocycles. The Hall–Kier alpha value is -0.560. The van der Waals surface area contributed by atoms with E-state index in [1.165, 1.54) is 11.7 Å². The summed E-state index contributed by atoms with van der Waals surface area (Å²) >= 11 is 1.20. The zero-order valence-electron chi connectivity index (χ0n) is 8.43. The van der Waals surface area contributed by atoms with Crippen LogP contribution in [0.25, 0.3) is 0 Å². The van der Waals surface area contributed by atoms with E-state index in [4.69, 9.17) is 10.6 Å². The third-order valence-corrected chi connectivity index (χ3v) is 2.72. The summed E-state index contributed by atoms with van der Waals surface area (Å²) in [5.74, 6) is 5.86. The summed E-state index contributed by atoms with van der Waals surface area (Å²) in [7, 11) is 1.70. The summed E-state index contributed by atoms with van der Waals surface area (Å²) in [6.07, 6.45) is 2.70. The molecule has 0 amide bonds. The standard InChI is InChI=1S/C8H16N4OS/c1-6(3-4-13-2)8(11-9)7-5-10-14-12-7/h5-6,8,11H,3-4,9H2,1-2H3. The number of nitrogens with zero attached hydrogens (tertiary/aromatic N) is 2. The normalized spacial score (nSPS) is 15.4. The van der Waals surface area contributed by atoms with E-state index in [1.54, 1.807) is 13.3 Å². The molecule has 2 atom stereocenters. The Labute approximate surface area is 88.0 Å². The highest BCUT2D eigenvalue weighted by Gasteiger charge is 2.19. The molecule has 0 bridgehead atoms. The van der Waals surface area contributed by atoms with Crippen LogP contribution in [0.2, 0.25) is 0 Å². The average Bonchev–Trinajstić information content (AvgIpc) is 2.69. The fourth-order valence-electron chi connectivity index (χ4n) is 1.32. The summed E-state index contributed by atoms with van der Waals surface area (Å²) in [6.45, 7) is 2.85. The number of rotatable bonds is 6. The monoisotopic (exact) mass is 216 g/mol. The molecule has 0 saturated carbocycles. The van der Waals surface area contributed by atoms with Crippen LogP contribution in [0.15, 0.2) is 6.20 Å². The molecule has 5 nitrogen and oxygen atoms in total. The van der Waals surface area contributed by atoms with Gasteiger partial charge < -0.3 is 4.74 Å². The van der Waals surface area contributed by atoms with Gasteiger partial charge in [-0.2, -0.15) is 8.75 Å². The molecule has 6 heteroatoms. The molecule has 0 aliphatic rings. The van der Waals surface area contributed by atoms with E-state index >= 15 is 0 Å². The van der Waals surface area contributed by atoms with E-state index < -0.39 is 0 Å². The second-order valence-corrected chi connectivity index (χ2v) is 3.79. The van der Waals surface area contributed by atoms with Gasteiger partial charge in [0.15, 0.2) is 0 Å². The van der Waals surface area contributed by atoms with Gasteiger partial charge in [-0.05, 0) is 12.3 Å². The van der Waals surface area contributed by atoms with Gasteiger partial charge in [0.1, 0.15) is 0 Å². The molecule has 0 aliphatic heterocycles. The summed E-state index contributed by atoms with van der Waals surface area (Å²) in [6, 6.07) is 0.0592. The van der Waals surface area contributed by atoms with Crippen molar-refractivity contribution in [2.45, 2.75) is 19.4 Å². The summed E-state index contributed by atoms with van der Waals surface area (Å²) < 4.78 is 13.1. The van der Waals surface area contributed by atoms with Crippen LogP contribution in [0.3, 0.4) is 0 Å². The molecule has 0 spiro atoms. The molecule has 1 rings (SSSR count). The van der Waals surface area contributed by atoms with E-state index in [1.807, 2.05) is 0 Å². The van der Waals surface area contributed by atoms with Crippen LogP contribution < -0.4 is 11.3 Å². The molecule has 80 valence electrons. The SMILES string of the molecule is COCCC(C)C(NN)c1cnsn1. The van der Waals surface area contributed by atoms with Gasteiger partial charge in [0.25, 0.3) is 0 Å². The predicted octanol–water partition coefficient (Wildman–Crippen LogP) is 0.715. The van der Waals surface area contributed by atoms with Gasteiger partial charge in [-0.15, -0.1) is 0 Å². The van der Waals surface area contributed by atoms with Crippen molar-refractivity contribution in [3.8, 4) is 0 Å². The third kappa shape index (κ3) is 2.98. The fraction of sp³-hybridized carbons (Fsp3) is 0.750. The number of aromatic nitrogens is 2. The number of nitrogens with one attached hydrogen (secondary N) is 1. The Bertz CT molecular complexity index is 241. The van der Waals surface area contributed by atoms with Gasteiger partial charge in [0.05, 0.1) is 29.7 Å². The molecule has 0 radical (unpaired) electrons. The molecule has 0 fully saturated rings. The molecule has 14 heavy (non-hydrogen) atoms. The molecule has 1 aromatic heterocycles. The second-order valence-electron chi connectivity index (χ2n) is 3.24. The maximum atomic E-state index is 5.48. The minimum absolute atomic E-state index is 0.0592. The highest BCUT2D eigenvalue weighted by molar-refractivity contribution is 6.99. The number of hydrogen-bond acceptors (Lipinski definition) is 6. The van der Waals surface area contributed by atoms with Crippen LogP contribution in [-0.2, 0) is 4.74 Å². The van der Waals surface area contributed by atoms with Crippen molar-refractivity contribution < 1.29 is 4.74 Å². The predicted molar refractivity (Wildman–Crippen MR) is 55.6 cm³/mol. The van der Waals surface area contributed by atoms with Crippen molar-refractivity contribution in [2.75, 3.05) is 13.7 Å². The first-order chi connectivity index (χ1) is 6.79. The van der Waals surface area contributed by atoms with Crippen molar-refractivity contribution in [3.05, 3.63) is 11.9 Å². The lowest BCUT2D eigenvalue weighted by molar-refractivity contribution is 0.170. The van der Waals surface area contributed by atoms with Crippen molar-refractivity contribution in [1.29, 1.82) is 0 Å². The molecular formula is C8H16N4OS. The quantitative estimate of drug-likeness (QED) is 0.541. The van der Waals surface area contributed by atoms with Gasteiger partial charge in [-0.1, -0.05) is 6.92 Å². The topological polar surface area (TPSA) is 73.1 Å². The van der Waals surface area contributed by atoms with Crippen LogP contribution in [0, 0.1) is 5.92 Å². The first-order valence-corrected chi connectivity index (χ1v) is 5.25. The summed E-state index contributed by atoms with van der Waals surface area (Å²) in [5, 5.41) is 0. The van der Waals surface area contributed by atoms with E-state index in [0.29, 0.717) is 5.92 Å². The van der Waals surface area contributed by atoms with Gasteiger partial charge in [0, 0.05) is 13.7 Å². The van der Waals surface area contributed by atoms with Crippen LogP contribution in [0.5, 0.6) is 0 Å². The highest BCUT2D eigenvalue weighted by Crippen LogP contribution is 2.22. The minimum atomic E-state index is 0.0592. The van der Waals surface area contributed by atoms with Crippen LogP contribution in [0.1, 0.15) is 25.1 Å². The first kappa shape index (κ1) is 11.5. The van der Waals surface area contributed by atoms with Gasteiger partial charge in [-0.3, -0.25) is 11.3 Å². The average molecular weight is 216 g/mol. The first-order valence-electron chi connectivity index (χ1n) is 4.52. The molecule has 1 aromatic rings. The lowest BCUT2D eigenvalue weighted by atomic mass is 9.97. The smallest absolute Gasteiger partial charge is 0.0928 e. The van der Waals surface area contributed by atoms with Crippen molar-refractivity contribution in [1.82, 2.24) is 14.2 Å². The van der Waals surface area contributed by atoms with Gasteiger partial charge in [-0.25, -0.2) is 0 Å². The number of ether oxygens (including phenoxy) is 1.